The standard InChI is InChI=1S/C30H36O7/c1-16(2)9-8-10-17(3)11-12-18-25-21(15-23(34-6)29(18)35-7)36-22-14-20-19(27(31)26(22)28(25)32)13-24(37-20)30(4,5)33/h9,11,14-15,24,31,33H,8,10,12-13H2,1-7H3/t24-/m0/s1. The van der Waals surface area contributed by atoms with Crippen LogP contribution in [0, 0.1) is 0 Å². The Kier molecular flexibility index (Phi) is 7.29. The van der Waals surface area contributed by atoms with Crippen molar-refractivity contribution in [3.63, 3.8) is 0 Å². The third kappa shape index (κ3) is 5.05. The van der Waals surface area contributed by atoms with Crippen molar-refractivity contribution in [1.29, 1.82) is 0 Å². The minimum Gasteiger partial charge on any atom is -0.507 e. The van der Waals surface area contributed by atoms with E-state index in [-0.39, 0.29) is 28.6 Å². The van der Waals surface area contributed by atoms with E-state index in [1.807, 2.05) is 0 Å². The molecule has 0 saturated heterocycles. The highest BCUT2D eigenvalue weighted by Crippen LogP contribution is 2.44. The van der Waals surface area contributed by atoms with Crippen LogP contribution in [-0.4, -0.2) is 36.1 Å². The highest BCUT2D eigenvalue weighted by atomic mass is 16.5. The predicted octanol–water partition coefficient (Wildman–Crippen LogP) is 5.98. The van der Waals surface area contributed by atoms with Crippen molar-refractivity contribution >= 4 is 21.9 Å². The van der Waals surface area contributed by atoms with Crippen LogP contribution in [-0.2, 0) is 12.8 Å². The molecular weight excluding hydrogens is 472 g/mol. The summed E-state index contributed by atoms with van der Waals surface area (Å²) < 4.78 is 23.3. The number of ether oxygens (including phenoxy) is 3. The average molecular weight is 509 g/mol. The zero-order chi connectivity index (χ0) is 27.1. The summed E-state index contributed by atoms with van der Waals surface area (Å²) in [6.45, 7) is 9.53. The first-order valence-electron chi connectivity index (χ1n) is 12.5. The molecule has 1 aliphatic heterocycles. The van der Waals surface area contributed by atoms with E-state index in [1.165, 1.54) is 18.3 Å². The quantitative estimate of drug-likeness (QED) is 0.285. The van der Waals surface area contributed by atoms with Crippen molar-refractivity contribution in [3.05, 3.63) is 56.8 Å². The Labute approximate surface area is 217 Å². The molecule has 3 aromatic rings. The van der Waals surface area contributed by atoms with Crippen molar-refractivity contribution in [3.8, 4) is 23.0 Å². The van der Waals surface area contributed by atoms with Crippen molar-refractivity contribution in [2.75, 3.05) is 14.2 Å². The first kappa shape index (κ1) is 26.6. The minimum absolute atomic E-state index is 0.0870. The minimum atomic E-state index is -1.12. The molecule has 0 amide bonds. The van der Waals surface area contributed by atoms with Crippen LogP contribution < -0.4 is 19.6 Å². The third-order valence-electron chi connectivity index (χ3n) is 6.93. The summed E-state index contributed by atoms with van der Waals surface area (Å²) in [5.74, 6) is 1.13. The van der Waals surface area contributed by atoms with Gasteiger partial charge in [0.05, 0.1) is 25.2 Å². The van der Waals surface area contributed by atoms with Gasteiger partial charge in [-0.2, -0.15) is 0 Å². The van der Waals surface area contributed by atoms with Crippen molar-refractivity contribution in [2.45, 2.75) is 72.0 Å². The van der Waals surface area contributed by atoms with E-state index in [9.17, 15) is 15.0 Å². The molecule has 0 saturated carbocycles. The molecular formula is C30H36O7. The maximum Gasteiger partial charge on any atom is 0.204 e. The van der Waals surface area contributed by atoms with Gasteiger partial charge in [0, 0.05) is 29.7 Å². The number of benzene rings is 2. The Bertz CT molecular complexity index is 1460. The van der Waals surface area contributed by atoms with Gasteiger partial charge in [-0.25, -0.2) is 0 Å². The lowest BCUT2D eigenvalue weighted by Gasteiger charge is -2.24. The normalized spacial score (nSPS) is 15.6. The van der Waals surface area contributed by atoms with Gasteiger partial charge in [0.25, 0.3) is 0 Å². The number of phenolic OH excluding ortho intramolecular Hbond substituents is 1. The Balaban J connectivity index is 1.91. The molecule has 4 rings (SSSR count). The summed E-state index contributed by atoms with van der Waals surface area (Å²) in [7, 11) is 3.08. The zero-order valence-corrected chi connectivity index (χ0v) is 22.7. The SMILES string of the molecule is COc1cc2oc3cc4c(c(O)c3c(=O)c2c(CC=C(C)CCC=C(C)C)c1OC)C[C@@H](C(C)(C)O)O4. The van der Waals surface area contributed by atoms with Crippen LogP contribution in [0.2, 0.25) is 0 Å². The predicted molar refractivity (Wildman–Crippen MR) is 145 cm³/mol. The lowest BCUT2D eigenvalue weighted by Crippen LogP contribution is -2.39. The molecule has 7 heteroatoms. The average Bonchev–Trinajstić information content (AvgIpc) is 3.26. The molecule has 7 nitrogen and oxygen atoms in total. The molecule has 0 spiro atoms. The third-order valence-corrected chi connectivity index (χ3v) is 6.93. The number of hydrogen-bond acceptors (Lipinski definition) is 7. The molecule has 2 aromatic carbocycles. The van der Waals surface area contributed by atoms with E-state index in [4.69, 9.17) is 18.6 Å². The highest BCUT2D eigenvalue weighted by Gasteiger charge is 2.37. The van der Waals surface area contributed by atoms with Gasteiger partial charge in [-0.1, -0.05) is 23.3 Å². The Morgan fingerprint density at radius 2 is 1.81 bits per heavy atom. The smallest absolute Gasteiger partial charge is 0.204 e. The molecule has 0 aliphatic carbocycles. The van der Waals surface area contributed by atoms with Crippen LogP contribution in [0.5, 0.6) is 23.0 Å². The van der Waals surface area contributed by atoms with Gasteiger partial charge in [-0.3, -0.25) is 4.79 Å². The first-order chi connectivity index (χ1) is 17.5. The number of allylic oxidation sites excluding steroid dienone is 4. The second-order valence-electron chi connectivity index (χ2n) is 10.5. The van der Waals surface area contributed by atoms with Gasteiger partial charge in [-0.05, 0) is 53.9 Å². The monoisotopic (exact) mass is 508 g/mol. The molecule has 0 unspecified atom stereocenters. The van der Waals surface area contributed by atoms with Crippen molar-refractivity contribution in [1.82, 2.24) is 0 Å². The summed E-state index contributed by atoms with van der Waals surface area (Å²) in [4.78, 5) is 13.9. The maximum absolute atomic E-state index is 13.9. The summed E-state index contributed by atoms with van der Waals surface area (Å²) in [6.07, 6.45) is 6.30. The fourth-order valence-electron chi connectivity index (χ4n) is 4.82. The Hall–Kier alpha value is -3.45. The zero-order valence-electron chi connectivity index (χ0n) is 22.7. The van der Waals surface area contributed by atoms with Gasteiger partial charge in [0.2, 0.25) is 5.43 Å². The summed E-state index contributed by atoms with van der Waals surface area (Å²) in [6, 6.07) is 3.25. The molecule has 0 bridgehead atoms. The van der Waals surface area contributed by atoms with E-state index in [2.05, 4.69) is 32.9 Å². The van der Waals surface area contributed by atoms with Gasteiger partial charge >= 0.3 is 0 Å². The number of aromatic hydroxyl groups is 1. The van der Waals surface area contributed by atoms with Gasteiger partial charge in [0.1, 0.15) is 34.2 Å². The second kappa shape index (κ2) is 10.1. The largest absolute Gasteiger partial charge is 0.507 e. The van der Waals surface area contributed by atoms with Gasteiger partial charge in [0.15, 0.2) is 11.5 Å². The number of hydrogen-bond donors (Lipinski definition) is 2. The number of aliphatic hydroxyl groups is 1. The van der Waals surface area contributed by atoms with Crippen LogP contribution in [0.1, 0.15) is 58.6 Å². The van der Waals surface area contributed by atoms with Crippen molar-refractivity contribution < 1.29 is 28.8 Å². The molecule has 198 valence electrons. The summed E-state index contributed by atoms with van der Waals surface area (Å²) in [5.41, 5.74) is 2.66. The van der Waals surface area contributed by atoms with Crippen LogP contribution in [0.4, 0.5) is 0 Å². The topological polar surface area (TPSA) is 98.4 Å². The molecule has 1 aliphatic rings. The molecule has 37 heavy (non-hydrogen) atoms. The molecule has 0 radical (unpaired) electrons. The highest BCUT2D eigenvalue weighted by molar-refractivity contribution is 5.98. The van der Waals surface area contributed by atoms with Crippen LogP contribution in [0.15, 0.2) is 44.6 Å². The summed E-state index contributed by atoms with van der Waals surface area (Å²) >= 11 is 0. The Morgan fingerprint density at radius 1 is 1.11 bits per heavy atom. The second-order valence-corrected chi connectivity index (χ2v) is 10.5. The molecule has 1 atom stereocenters. The first-order valence-corrected chi connectivity index (χ1v) is 12.5. The van der Waals surface area contributed by atoms with E-state index in [0.29, 0.717) is 45.8 Å². The Morgan fingerprint density at radius 3 is 2.43 bits per heavy atom. The lowest BCUT2D eigenvalue weighted by molar-refractivity contribution is -0.0229. The molecule has 0 fully saturated rings. The molecule has 1 aromatic heterocycles. The maximum atomic E-state index is 13.9. The van der Waals surface area contributed by atoms with Gasteiger partial charge < -0.3 is 28.8 Å². The number of fused-ring (bicyclic) bond motifs is 3. The van der Waals surface area contributed by atoms with Crippen LogP contribution >= 0.6 is 0 Å². The van der Waals surface area contributed by atoms with Crippen molar-refractivity contribution in [2.24, 2.45) is 0 Å². The number of methoxy groups -OCH3 is 2. The fraction of sp³-hybridized carbons (Fsp3) is 0.433. The van der Waals surface area contributed by atoms with E-state index < -0.39 is 11.7 Å². The lowest BCUT2D eigenvalue weighted by atomic mass is 9.95. The summed E-state index contributed by atoms with van der Waals surface area (Å²) in [5, 5.41) is 22.0. The van der Waals surface area contributed by atoms with E-state index >= 15 is 0 Å². The van der Waals surface area contributed by atoms with E-state index in [0.717, 1.165) is 12.8 Å². The van der Waals surface area contributed by atoms with Gasteiger partial charge in [-0.15, -0.1) is 0 Å². The number of phenols is 1. The molecule has 2 heterocycles. The van der Waals surface area contributed by atoms with Crippen LogP contribution in [0.3, 0.4) is 0 Å². The fourth-order valence-corrected chi connectivity index (χ4v) is 4.82. The van der Waals surface area contributed by atoms with E-state index in [1.54, 1.807) is 33.1 Å². The molecule has 2 N–H and O–H groups in total. The van der Waals surface area contributed by atoms with Crippen LogP contribution in [0.25, 0.3) is 21.9 Å². The number of rotatable bonds is 8.